The maximum absolute atomic E-state index is 12.9. The van der Waals surface area contributed by atoms with E-state index in [0.29, 0.717) is 38.1 Å². The molecule has 2 aliphatic heterocycles. The lowest BCUT2D eigenvalue weighted by Gasteiger charge is -2.26. The van der Waals surface area contributed by atoms with Gasteiger partial charge in [-0.25, -0.2) is 8.42 Å². The third kappa shape index (κ3) is 5.85. The largest absolute Gasteiger partial charge is 0.379 e. The number of likely N-dealkylation sites (tertiary alicyclic amines) is 1. The highest BCUT2D eigenvalue weighted by Gasteiger charge is 2.30. The van der Waals surface area contributed by atoms with Gasteiger partial charge in [0, 0.05) is 62.6 Å². The quantitative estimate of drug-likeness (QED) is 0.467. The van der Waals surface area contributed by atoms with E-state index in [1.54, 1.807) is 6.07 Å². The molecule has 0 amide bonds. The number of ether oxygens (including phenoxy) is 1. The minimum atomic E-state index is -3.52. The Morgan fingerprint density at radius 3 is 2.75 bits per heavy atom. The standard InChI is InChI=1S/C27H39N5O3S/c1-5-20(2)16-26(25-8-10-29-27(25)28-4)31-11-9-22(19-31)21(3)17-23-6-7-24(18-30-23)36(33,34)32-12-14-35-15-13-32/h6-8,10,16,18,21-22,28-29H,2,5,9,11-15,17,19H2,1,3-4H3/b26-16+. The summed E-state index contributed by atoms with van der Waals surface area (Å²) in [6.45, 7) is 12.2. The van der Waals surface area contributed by atoms with Crippen LogP contribution in [0.25, 0.3) is 5.70 Å². The number of aromatic nitrogens is 2. The van der Waals surface area contributed by atoms with Crippen molar-refractivity contribution in [2.75, 3.05) is 51.8 Å². The van der Waals surface area contributed by atoms with Crippen LogP contribution in [-0.4, -0.2) is 74.0 Å². The van der Waals surface area contributed by atoms with Crippen LogP contribution in [0.5, 0.6) is 0 Å². The van der Waals surface area contributed by atoms with Crippen molar-refractivity contribution in [1.82, 2.24) is 19.2 Å². The van der Waals surface area contributed by atoms with Gasteiger partial charge in [0.15, 0.2) is 0 Å². The average molecular weight is 514 g/mol. The van der Waals surface area contributed by atoms with E-state index in [1.165, 1.54) is 21.8 Å². The molecule has 4 rings (SSSR count). The Morgan fingerprint density at radius 1 is 1.31 bits per heavy atom. The molecule has 196 valence electrons. The van der Waals surface area contributed by atoms with Gasteiger partial charge in [-0.15, -0.1) is 0 Å². The van der Waals surface area contributed by atoms with Gasteiger partial charge in [-0.2, -0.15) is 4.31 Å². The van der Waals surface area contributed by atoms with Crippen LogP contribution in [0.3, 0.4) is 0 Å². The maximum atomic E-state index is 12.9. The predicted octanol–water partition coefficient (Wildman–Crippen LogP) is 3.98. The molecule has 0 aliphatic carbocycles. The molecule has 2 saturated heterocycles. The Labute approximate surface area is 215 Å². The van der Waals surface area contributed by atoms with Gasteiger partial charge in [0.05, 0.1) is 13.2 Å². The van der Waals surface area contributed by atoms with Crippen molar-refractivity contribution in [3.63, 3.8) is 0 Å². The molecule has 2 aliphatic rings. The molecule has 2 N–H and O–H groups in total. The summed E-state index contributed by atoms with van der Waals surface area (Å²) in [5, 5.41) is 3.26. The number of allylic oxidation sites excluding steroid dienone is 2. The number of hydrogen-bond donors (Lipinski definition) is 2. The minimum Gasteiger partial charge on any atom is -0.379 e. The number of sulfonamides is 1. The first-order valence-electron chi connectivity index (χ1n) is 12.9. The zero-order chi connectivity index (χ0) is 25.7. The van der Waals surface area contributed by atoms with Crippen molar-refractivity contribution in [3.8, 4) is 0 Å². The van der Waals surface area contributed by atoms with Crippen LogP contribution in [0, 0.1) is 11.8 Å². The normalized spacial score (nSPS) is 20.5. The molecule has 2 aromatic rings. The third-order valence-corrected chi connectivity index (χ3v) is 9.26. The first-order valence-corrected chi connectivity index (χ1v) is 14.3. The van der Waals surface area contributed by atoms with Gasteiger partial charge < -0.3 is 19.9 Å². The zero-order valence-corrected chi connectivity index (χ0v) is 22.5. The smallest absolute Gasteiger partial charge is 0.244 e. The number of H-pyrrole nitrogens is 1. The molecule has 0 radical (unpaired) electrons. The Hall–Kier alpha value is -2.62. The topological polar surface area (TPSA) is 90.6 Å². The Balaban J connectivity index is 1.42. The third-order valence-electron chi connectivity index (χ3n) is 7.37. The van der Waals surface area contributed by atoms with Crippen molar-refractivity contribution >= 4 is 21.5 Å². The van der Waals surface area contributed by atoms with Crippen LogP contribution in [0.4, 0.5) is 5.82 Å². The van der Waals surface area contributed by atoms with E-state index in [4.69, 9.17) is 4.74 Å². The Kier molecular flexibility index (Phi) is 8.54. The number of aromatic amines is 1. The minimum absolute atomic E-state index is 0.255. The van der Waals surface area contributed by atoms with Crippen LogP contribution in [0.15, 0.2) is 53.7 Å². The van der Waals surface area contributed by atoms with Crippen molar-refractivity contribution in [2.24, 2.45) is 11.8 Å². The average Bonchev–Trinajstić information content (AvgIpc) is 3.58. The molecule has 8 nitrogen and oxygen atoms in total. The molecule has 2 unspecified atom stereocenters. The summed E-state index contributed by atoms with van der Waals surface area (Å²) in [5.74, 6) is 1.96. The highest BCUT2D eigenvalue weighted by molar-refractivity contribution is 7.89. The monoisotopic (exact) mass is 513 g/mol. The predicted molar refractivity (Wildman–Crippen MR) is 144 cm³/mol. The molecule has 0 bridgehead atoms. The molecule has 2 fully saturated rings. The molecule has 0 aromatic carbocycles. The highest BCUT2D eigenvalue weighted by atomic mass is 32.2. The van der Waals surface area contributed by atoms with E-state index in [1.807, 2.05) is 19.3 Å². The van der Waals surface area contributed by atoms with E-state index in [-0.39, 0.29) is 4.90 Å². The van der Waals surface area contributed by atoms with E-state index < -0.39 is 10.0 Å². The van der Waals surface area contributed by atoms with E-state index >= 15 is 0 Å². The van der Waals surface area contributed by atoms with Gasteiger partial charge in [-0.05, 0) is 55.4 Å². The number of morpholine rings is 1. The molecular weight excluding hydrogens is 474 g/mol. The number of nitrogens with zero attached hydrogens (tertiary/aromatic N) is 3. The van der Waals surface area contributed by atoms with Crippen molar-refractivity contribution in [2.45, 2.75) is 38.0 Å². The number of hydrogen-bond acceptors (Lipinski definition) is 6. The van der Waals surface area contributed by atoms with E-state index in [2.05, 4.69) is 52.8 Å². The second-order valence-corrected chi connectivity index (χ2v) is 11.7. The van der Waals surface area contributed by atoms with Crippen LogP contribution in [0.2, 0.25) is 0 Å². The second-order valence-electron chi connectivity index (χ2n) is 9.74. The van der Waals surface area contributed by atoms with E-state index in [0.717, 1.165) is 49.4 Å². The summed E-state index contributed by atoms with van der Waals surface area (Å²) < 4.78 is 32.5. The number of pyridine rings is 1. The molecule has 36 heavy (non-hydrogen) atoms. The van der Waals surface area contributed by atoms with Crippen LogP contribution >= 0.6 is 0 Å². The molecule has 0 spiro atoms. The first-order chi connectivity index (χ1) is 17.3. The SMILES string of the molecule is C=C(/C=C(\c1cc[nH]c1NC)N1CCC(C(C)Cc2ccc(S(=O)(=O)N3CCOCC3)cn2)C1)CC. The highest BCUT2D eigenvalue weighted by Crippen LogP contribution is 2.35. The summed E-state index contributed by atoms with van der Waals surface area (Å²) >= 11 is 0. The lowest BCUT2D eigenvalue weighted by Crippen LogP contribution is -2.40. The fourth-order valence-electron chi connectivity index (χ4n) is 5.01. The molecule has 9 heteroatoms. The molecule has 0 saturated carbocycles. The Morgan fingerprint density at radius 2 is 2.08 bits per heavy atom. The van der Waals surface area contributed by atoms with Gasteiger partial charge in [-0.3, -0.25) is 4.98 Å². The number of anilines is 1. The van der Waals surface area contributed by atoms with Gasteiger partial charge in [0.2, 0.25) is 10.0 Å². The molecule has 2 aromatic heterocycles. The van der Waals surface area contributed by atoms with Gasteiger partial charge in [0.1, 0.15) is 10.7 Å². The number of nitrogens with one attached hydrogen (secondary N) is 2. The second kappa shape index (κ2) is 11.6. The van der Waals surface area contributed by atoms with Crippen LogP contribution in [0.1, 0.15) is 37.9 Å². The first kappa shape index (κ1) is 26.4. The Bertz CT molecular complexity index is 1170. The molecule has 2 atom stereocenters. The van der Waals surface area contributed by atoms with E-state index in [9.17, 15) is 8.42 Å². The van der Waals surface area contributed by atoms with Crippen molar-refractivity contribution in [1.29, 1.82) is 0 Å². The van der Waals surface area contributed by atoms with Crippen LogP contribution in [-0.2, 0) is 21.2 Å². The van der Waals surface area contributed by atoms with Crippen molar-refractivity contribution < 1.29 is 13.2 Å². The fourth-order valence-corrected chi connectivity index (χ4v) is 6.37. The summed E-state index contributed by atoms with van der Waals surface area (Å²) in [6.07, 6.45) is 8.54. The lowest BCUT2D eigenvalue weighted by atomic mass is 9.89. The summed E-state index contributed by atoms with van der Waals surface area (Å²) in [7, 11) is -1.58. The van der Waals surface area contributed by atoms with Gasteiger partial charge in [-0.1, -0.05) is 26.0 Å². The zero-order valence-electron chi connectivity index (χ0n) is 21.7. The lowest BCUT2D eigenvalue weighted by molar-refractivity contribution is 0.0730. The number of rotatable bonds is 10. The summed E-state index contributed by atoms with van der Waals surface area (Å²) in [4.78, 5) is 10.5. The summed E-state index contributed by atoms with van der Waals surface area (Å²) in [5.41, 5.74) is 4.42. The maximum Gasteiger partial charge on any atom is 0.244 e. The van der Waals surface area contributed by atoms with Gasteiger partial charge >= 0.3 is 0 Å². The van der Waals surface area contributed by atoms with Crippen molar-refractivity contribution in [3.05, 3.63) is 60.1 Å². The molecular formula is C27H39N5O3S. The summed E-state index contributed by atoms with van der Waals surface area (Å²) in [6, 6.07) is 5.68. The van der Waals surface area contributed by atoms with Crippen LogP contribution < -0.4 is 5.32 Å². The fraction of sp³-hybridized carbons (Fsp3) is 0.519. The molecule has 4 heterocycles. The van der Waals surface area contributed by atoms with Gasteiger partial charge in [0.25, 0.3) is 0 Å².